The van der Waals surface area contributed by atoms with Crippen LogP contribution >= 0.6 is 0 Å². The summed E-state index contributed by atoms with van der Waals surface area (Å²) < 4.78 is 23.5. The van der Waals surface area contributed by atoms with Gasteiger partial charge in [-0.3, -0.25) is 4.79 Å². The van der Waals surface area contributed by atoms with E-state index < -0.39 is 16.4 Å². The molecule has 5 nitrogen and oxygen atoms in total. The molecule has 0 radical (unpaired) electrons. The van der Waals surface area contributed by atoms with Crippen molar-refractivity contribution in [3.63, 3.8) is 0 Å². The zero-order chi connectivity index (χ0) is 16.0. The average Bonchev–Trinajstić information content (AvgIpc) is 2.54. The number of nitrogens with one attached hydrogen (secondary N) is 1. The van der Waals surface area contributed by atoms with Crippen molar-refractivity contribution in [2.24, 2.45) is 0 Å². The number of benzene rings is 2. The standard InChI is InChI=1S/C16H17NO4S/c18-10-11-22(20,21)15-8-6-13(7-9-15)12-17-16(19)14-4-2-1-3-5-14/h1-9,18H,10-12H2,(H,17,19). The maximum absolute atomic E-state index is 11.9. The summed E-state index contributed by atoms with van der Waals surface area (Å²) in [5.41, 5.74) is 1.37. The molecular weight excluding hydrogens is 302 g/mol. The van der Waals surface area contributed by atoms with Gasteiger partial charge in [0.05, 0.1) is 17.3 Å². The van der Waals surface area contributed by atoms with Crippen LogP contribution in [-0.2, 0) is 16.4 Å². The Morgan fingerprint density at radius 2 is 1.64 bits per heavy atom. The highest BCUT2D eigenvalue weighted by Crippen LogP contribution is 2.12. The summed E-state index contributed by atoms with van der Waals surface area (Å²) in [7, 11) is -3.44. The lowest BCUT2D eigenvalue weighted by Crippen LogP contribution is -2.22. The lowest BCUT2D eigenvalue weighted by atomic mass is 10.2. The van der Waals surface area contributed by atoms with Crippen LogP contribution in [0.25, 0.3) is 0 Å². The van der Waals surface area contributed by atoms with Gasteiger partial charge in [0, 0.05) is 12.1 Å². The largest absolute Gasteiger partial charge is 0.395 e. The van der Waals surface area contributed by atoms with Crippen LogP contribution in [0.4, 0.5) is 0 Å². The summed E-state index contributed by atoms with van der Waals surface area (Å²) in [5, 5.41) is 11.5. The first-order valence-electron chi connectivity index (χ1n) is 6.79. The van der Waals surface area contributed by atoms with Gasteiger partial charge in [0.1, 0.15) is 0 Å². The van der Waals surface area contributed by atoms with E-state index >= 15 is 0 Å². The molecule has 0 aromatic heterocycles. The van der Waals surface area contributed by atoms with Crippen LogP contribution in [0.2, 0.25) is 0 Å². The number of carbonyl (C=O) groups is 1. The molecule has 0 aliphatic rings. The molecule has 2 rings (SSSR count). The Bertz CT molecular complexity index is 725. The first kappa shape index (κ1) is 16.2. The van der Waals surface area contributed by atoms with E-state index in [9.17, 15) is 13.2 Å². The van der Waals surface area contributed by atoms with Gasteiger partial charge in [0.2, 0.25) is 0 Å². The van der Waals surface area contributed by atoms with Crippen molar-refractivity contribution in [2.45, 2.75) is 11.4 Å². The van der Waals surface area contributed by atoms with Gasteiger partial charge in [-0.1, -0.05) is 30.3 Å². The molecule has 2 aromatic carbocycles. The molecule has 0 saturated heterocycles. The van der Waals surface area contributed by atoms with Gasteiger partial charge < -0.3 is 10.4 Å². The quantitative estimate of drug-likeness (QED) is 0.842. The van der Waals surface area contributed by atoms with E-state index in [1.54, 1.807) is 36.4 Å². The predicted octanol–water partition coefficient (Wildman–Crippen LogP) is 1.38. The molecule has 6 heteroatoms. The van der Waals surface area contributed by atoms with Gasteiger partial charge >= 0.3 is 0 Å². The SMILES string of the molecule is O=C(NCc1ccc(S(=O)(=O)CCO)cc1)c1ccccc1. The number of rotatable bonds is 6. The minimum atomic E-state index is -3.44. The number of hydrogen-bond acceptors (Lipinski definition) is 4. The van der Waals surface area contributed by atoms with Crippen LogP contribution in [0.5, 0.6) is 0 Å². The molecule has 0 fully saturated rings. The molecule has 2 N–H and O–H groups in total. The predicted molar refractivity (Wildman–Crippen MR) is 83.2 cm³/mol. The van der Waals surface area contributed by atoms with E-state index in [4.69, 9.17) is 5.11 Å². The second-order valence-electron chi connectivity index (χ2n) is 4.74. The summed E-state index contributed by atoms with van der Waals surface area (Å²) in [6.07, 6.45) is 0. The topological polar surface area (TPSA) is 83.5 Å². The number of carbonyl (C=O) groups excluding carboxylic acids is 1. The molecular formula is C16H17NO4S. The van der Waals surface area contributed by atoms with Crippen LogP contribution < -0.4 is 5.32 Å². The van der Waals surface area contributed by atoms with Gasteiger partial charge in [-0.05, 0) is 29.8 Å². The highest BCUT2D eigenvalue weighted by molar-refractivity contribution is 7.91. The number of aliphatic hydroxyl groups excluding tert-OH is 1. The van der Waals surface area contributed by atoms with Crippen molar-refractivity contribution in [2.75, 3.05) is 12.4 Å². The summed E-state index contributed by atoms with van der Waals surface area (Å²) in [6.45, 7) is -0.0920. The highest BCUT2D eigenvalue weighted by Gasteiger charge is 2.13. The molecule has 0 spiro atoms. The molecule has 0 unspecified atom stereocenters. The number of aliphatic hydroxyl groups is 1. The van der Waals surface area contributed by atoms with Gasteiger partial charge in [-0.15, -0.1) is 0 Å². The van der Waals surface area contributed by atoms with Crippen LogP contribution in [0.1, 0.15) is 15.9 Å². The first-order chi connectivity index (χ1) is 10.5. The molecule has 0 bridgehead atoms. The summed E-state index contributed by atoms with van der Waals surface area (Å²) >= 11 is 0. The normalized spacial score (nSPS) is 11.1. The van der Waals surface area contributed by atoms with Crippen LogP contribution in [0.15, 0.2) is 59.5 Å². The average molecular weight is 319 g/mol. The van der Waals surface area contributed by atoms with Crippen molar-refractivity contribution < 1.29 is 18.3 Å². The molecule has 22 heavy (non-hydrogen) atoms. The molecule has 0 heterocycles. The van der Waals surface area contributed by atoms with E-state index in [-0.39, 0.29) is 16.6 Å². The fraction of sp³-hybridized carbons (Fsp3) is 0.188. The number of amides is 1. The Morgan fingerprint density at radius 3 is 2.23 bits per heavy atom. The van der Waals surface area contributed by atoms with Gasteiger partial charge in [0.15, 0.2) is 9.84 Å². The van der Waals surface area contributed by atoms with E-state index in [0.717, 1.165) is 5.56 Å². The summed E-state index contributed by atoms with van der Waals surface area (Å²) in [5.74, 6) is -0.477. The van der Waals surface area contributed by atoms with Gasteiger partial charge in [0.25, 0.3) is 5.91 Å². The molecule has 1 amide bonds. The molecule has 0 saturated carbocycles. The Hall–Kier alpha value is -2.18. The maximum Gasteiger partial charge on any atom is 0.251 e. The molecule has 2 aromatic rings. The van der Waals surface area contributed by atoms with E-state index in [1.165, 1.54) is 12.1 Å². The molecule has 0 aliphatic carbocycles. The van der Waals surface area contributed by atoms with E-state index in [1.807, 2.05) is 6.07 Å². The fourth-order valence-electron chi connectivity index (χ4n) is 1.93. The lowest BCUT2D eigenvalue weighted by molar-refractivity contribution is 0.0951. The third-order valence-electron chi connectivity index (χ3n) is 3.13. The number of hydrogen-bond donors (Lipinski definition) is 2. The Morgan fingerprint density at radius 1 is 1.00 bits per heavy atom. The second kappa shape index (κ2) is 7.20. The van der Waals surface area contributed by atoms with Crippen molar-refractivity contribution in [3.05, 3.63) is 65.7 Å². The second-order valence-corrected chi connectivity index (χ2v) is 6.84. The third kappa shape index (κ3) is 4.16. The first-order valence-corrected chi connectivity index (χ1v) is 8.44. The Balaban J connectivity index is 1.99. The molecule has 0 aliphatic heterocycles. The smallest absolute Gasteiger partial charge is 0.251 e. The lowest BCUT2D eigenvalue weighted by Gasteiger charge is -2.07. The fourth-order valence-corrected chi connectivity index (χ4v) is 2.95. The summed E-state index contributed by atoms with van der Waals surface area (Å²) in [4.78, 5) is 12.1. The van der Waals surface area contributed by atoms with Gasteiger partial charge in [-0.25, -0.2) is 8.42 Å². The summed E-state index contributed by atoms with van der Waals surface area (Å²) in [6, 6.07) is 15.1. The molecule has 116 valence electrons. The van der Waals surface area contributed by atoms with Crippen molar-refractivity contribution in [1.29, 1.82) is 0 Å². The Labute approximate surface area is 129 Å². The Kier molecular flexibility index (Phi) is 5.30. The van der Waals surface area contributed by atoms with Crippen LogP contribution in [0.3, 0.4) is 0 Å². The minimum absolute atomic E-state index is 0.166. The monoisotopic (exact) mass is 319 g/mol. The highest BCUT2D eigenvalue weighted by atomic mass is 32.2. The molecule has 0 atom stereocenters. The third-order valence-corrected chi connectivity index (χ3v) is 4.84. The van der Waals surface area contributed by atoms with E-state index in [0.29, 0.717) is 12.1 Å². The maximum atomic E-state index is 11.9. The zero-order valence-corrected chi connectivity index (χ0v) is 12.7. The van der Waals surface area contributed by atoms with Crippen molar-refractivity contribution >= 4 is 15.7 Å². The van der Waals surface area contributed by atoms with Crippen molar-refractivity contribution in [1.82, 2.24) is 5.32 Å². The van der Waals surface area contributed by atoms with Gasteiger partial charge in [-0.2, -0.15) is 0 Å². The number of sulfone groups is 1. The van der Waals surface area contributed by atoms with Crippen LogP contribution in [0, 0.1) is 0 Å². The zero-order valence-electron chi connectivity index (χ0n) is 11.9. The minimum Gasteiger partial charge on any atom is -0.395 e. The van der Waals surface area contributed by atoms with Crippen molar-refractivity contribution in [3.8, 4) is 0 Å². The van der Waals surface area contributed by atoms with Crippen LogP contribution in [-0.4, -0.2) is 31.8 Å². The van der Waals surface area contributed by atoms with E-state index in [2.05, 4.69) is 5.32 Å².